The van der Waals surface area contributed by atoms with E-state index in [1.165, 1.54) is 12.1 Å². The maximum absolute atomic E-state index is 12.5. The third kappa shape index (κ3) is 3.85. The molecule has 1 heterocycles. The molecule has 120 valence electrons. The third-order valence-corrected chi connectivity index (χ3v) is 3.52. The Morgan fingerprint density at radius 1 is 1.18 bits per heavy atom. The SMILES string of the molecule is CCc1nnc(C(C)N(C)Cc2ccc(C(F)(F)F)cc2)o1. The van der Waals surface area contributed by atoms with Crippen LogP contribution in [0.15, 0.2) is 28.7 Å². The van der Waals surface area contributed by atoms with Crippen LogP contribution in [0.3, 0.4) is 0 Å². The van der Waals surface area contributed by atoms with E-state index in [1.807, 2.05) is 25.8 Å². The van der Waals surface area contributed by atoms with Crippen molar-refractivity contribution in [3.63, 3.8) is 0 Å². The molecule has 1 unspecified atom stereocenters. The highest BCUT2D eigenvalue weighted by Crippen LogP contribution is 2.29. The van der Waals surface area contributed by atoms with Crippen molar-refractivity contribution in [2.45, 2.75) is 39.0 Å². The van der Waals surface area contributed by atoms with Crippen molar-refractivity contribution in [3.8, 4) is 0 Å². The first kappa shape index (κ1) is 16.5. The molecule has 1 aromatic carbocycles. The lowest BCUT2D eigenvalue weighted by molar-refractivity contribution is -0.137. The summed E-state index contributed by atoms with van der Waals surface area (Å²) >= 11 is 0. The Labute approximate surface area is 127 Å². The number of rotatable bonds is 5. The molecular formula is C15H18F3N3O. The van der Waals surface area contributed by atoms with Crippen LogP contribution >= 0.6 is 0 Å². The minimum Gasteiger partial charge on any atom is -0.424 e. The summed E-state index contributed by atoms with van der Waals surface area (Å²) in [6, 6.07) is 5.04. The average Bonchev–Trinajstić information content (AvgIpc) is 2.95. The topological polar surface area (TPSA) is 42.2 Å². The van der Waals surface area contributed by atoms with Gasteiger partial charge in [0, 0.05) is 13.0 Å². The zero-order valence-electron chi connectivity index (χ0n) is 12.7. The lowest BCUT2D eigenvalue weighted by atomic mass is 10.1. The van der Waals surface area contributed by atoms with Crippen LogP contribution in [0.1, 0.15) is 42.8 Å². The number of aromatic nitrogens is 2. The van der Waals surface area contributed by atoms with E-state index >= 15 is 0 Å². The van der Waals surface area contributed by atoms with Crippen LogP contribution < -0.4 is 0 Å². The van der Waals surface area contributed by atoms with E-state index in [0.717, 1.165) is 17.7 Å². The third-order valence-electron chi connectivity index (χ3n) is 3.52. The predicted molar refractivity (Wildman–Crippen MR) is 75.0 cm³/mol. The van der Waals surface area contributed by atoms with Gasteiger partial charge in [0.1, 0.15) is 0 Å². The first-order valence-corrected chi connectivity index (χ1v) is 7.00. The minimum atomic E-state index is -4.31. The first-order chi connectivity index (χ1) is 10.3. The second-order valence-corrected chi connectivity index (χ2v) is 5.17. The highest BCUT2D eigenvalue weighted by Gasteiger charge is 2.30. The van der Waals surface area contributed by atoms with E-state index in [9.17, 15) is 13.2 Å². The van der Waals surface area contributed by atoms with Gasteiger partial charge >= 0.3 is 6.18 Å². The van der Waals surface area contributed by atoms with E-state index in [1.54, 1.807) is 0 Å². The molecule has 2 aromatic rings. The van der Waals surface area contributed by atoms with Crippen LogP contribution in [0, 0.1) is 0 Å². The summed E-state index contributed by atoms with van der Waals surface area (Å²) in [5.74, 6) is 1.08. The smallest absolute Gasteiger partial charge is 0.416 e. The Morgan fingerprint density at radius 2 is 1.82 bits per heavy atom. The summed E-state index contributed by atoms with van der Waals surface area (Å²) in [5.41, 5.74) is 0.147. The molecule has 0 saturated heterocycles. The van der Waals surface area contributed by atoms with Crippen LogP contribution in [-0.4, -0.2) is 22.1 Å². The van der Waals surface area contributed by atoms with Crippen LogP contribution in [0.2, 0.25) is 0 Å². The molecule has 0 N–H and O–H groups in total. The number of hydrogen-bond acceptors (Lipinski definition) is 4. The highest BCUT2D eigenvalue weighted by atomic mass is 19.4. The quantitative estimate of drug-likeness (QED) is 0.841. The van der Waals surface area contributed by atoms with Gasteiger partial charge in [0.05, 0.1) is 11.6 Å². The average molecular weight is 313 g/mol. The van der Waals surface area contributed by atoms with Gasteiger partial charge in [0.25, 0.3) is 0 Å². The molecule has 2 rings (SSSR count). The number of halogens is 3. The standard InChI is InChI=1S/C15H18F3N3O/c1-4-13-19-20-14(22-13)10(2)21(3)9-11-5-7-12(8-6-11)15(16,17)18/h5-8,10H,4,9H2,1-3H3. The number of benzene rings is 1. The predicted octanol–water partition coefficient (Wildman–Crippen LogP) is 3.84. The summed E-state index contributed by atoms with van der Waals surface area (Å²) in [6.45, 7) is 4.33. The van der Waals surface area contributed by atoms with Crippen LogP contribution in [-0.2, 0) is 19.1 Å². The first-order valence-electron chi connectivity index (χ1n) is 7.00. The van der Waals surface area contributed by atoms with Gasteiger partial charge in [-0.05, 0) is 31.7 Å². The molecule has 0 aliphatic heterocycles. The Hall–Kier alpha value is -1.89. The summed E-state index contributed by atoms with van der Waals surface area (Å²) in [6.07, 6.45) is -3.64. The van der Waals surface area contributed by atoms with Gasteiger partial charge < -0.3 is 4.42 Å². The summed E-state index contributed by atoms with van der Waals surface area (Å²) < 4.78 is 43.1. The lowest BCUT2D eigenvalue weighted by Crippen LogP contribution is -2.22. The molecule has 1 atom stereocenters. The lowest BCUT2D eigenvalue weighted by Gasteiger charge is -2.22. The monoisotopic (exact) mass is 313 g/mol. The molecule has 0 bridgehead atoms. The van der Waals surface area contributed by atoms with Crippen molar-refractivity contribution in [3.05, 3.63) is 47.2 Å². The fraction of sp³-hybridized carbons (Fsp3) is 0.467. The summed E-state index contributed by atoms with van der Waals surface area (Å²) in [5, 5.41) is 7.90. The van der Waals surface area contributed by atoms with E-state index < -0.39 is 11.7 Å². The molecule has 0 fully saturated rings. The molecule has 0 aliphatic carbocycles. The van der Waals surface area contributed by atoms with Crippen LogP contribution in [0.25, 0.3) is 0 Å². The van der Waals surface area contributed by atoms with E-state index in [2.05, 4.69) is 10.2 Å². The fourth-order valence-corrected chi connectivity index (χ4v) is 1.99. The van der Waals surface area contributed by atoms with Crippen molar-refractivity contribution in [1.82, 2.24) is 15.1 Å². The minimum absolute atomic E-state index is 0.116. The summed E-state index contributed by atoms with van der Waals surface area (Å²) in [7, 11) is 1.86. The second kappa shape index (κ2) is 6.48. The fourth-order valence-electron chi connectivity index (χ4n) is 1.99. The molecule has 0 saturated carbocycles. The van der Waals surface area contributed by atoms with Gasteiger partial charge in [0.15, 0.2) is 0 Å². The van der Waals surface area contributed by atoms with Gasteiger partial charge in [-0.25, -0.2) is 0 Å². The van der Waals surface area contributed by atoms with Gasteiger partial charge in [-0.3, -0.25) is 4.90 Å². The molecule has 0 amide bonds. The van der Waals surface area contributed by atoms with Gasteiger partial charge in [-0.2, -0.15) is 13.2 Å². The number of nitrogens with zero attached hydrogens (tertiary/aromatic N) is 3. The van der Waals surface area contributed by atoms with Crippen molar-refractivity contribution in [1.29, 1.82) is 0 Å². The van der Waals surface area contributed by atoms with E-state index in [0.29, 0.717) is 24.7 Å². The highest BCUT2D eigenvalue weighted by molar-refractivity contribution is 5.24. The molecule has 4 nitrogen and oxygen atoms in total. The number of hydrogen-bond donors (Lipinski definition) is 0. The molecule has 0 radical (unpaired) electrons. The van der Waals surface area contributed by atoms with Crippen molar-refractivity contribution in [2.75, 3.05) is 7.05 Å². The number of alkyl halides is 3. The largest absolute Gasteiger partial charge is 0.424 e. The Bertz CT molecular complexity index is 607. The van der Waals surface area contributed by atoms with Crippen LogP contribution in [0.5, 0.6) is 0 Å². The molecule has 7 heteroatoms. The van der Waals surface area contributed by atoms with Gasteiger partial charge in [-0.1, -0.05) is 19.1 Å². The van der Waals surface area contributed by atoms with Crippen LogP contribution in [0.4, 0.5) is 13.2 Å². The molecule has 0 spiro atoms. The zero-order chi connectivity index (χ0) is 16.3. The van der Waals surface area contributed by atoms with Crippen molar-refractivity contribution in [2.24, 2.45) is 0 Å². The molecule has 1 aromatic heterocycles. The van der Waals surface area contributed by atoms with Crippen molar-refractivity contribution >= 4 is 0 Å². The maximum atomic E-state index is 12.5. The zero-order valence-corrected chi connectivity index (χ0v) is 12.7. The normalized spacial score (nSPS) is 13.6. The van der Waals surface area contributed by atoms with Crippen molar-refractivity contribution < 1.29 is 17.6 Å². The Morgan fingerprint density at radius 3 is 2.32 bits per heavy atom. The maximum Gasteiger partial charge on any atom is 0.416 e. The molecular weight excluding hydrogens is 295 g/mol. The molecule has 0 aliphatic rings. The Kier molecular flexibility index (Phi) is 4.85. The van der Waals surface area contributed by atoms with Gasteiger partial charge in [-0.15, -0.1) is 10.2 Å². The van der Waals surface area contributed by atoms with Gasteiger partial charge in [0.2, 0.25) is 11.8 Å². The Balaban J connectivity index is 2.03. The van der Waals surface area contributed by atoms with E-state index in [4.69, 9.17) is 4.42 Å². The van der Waals surface area contributed by atoms with E-state index in [-0.39, 0.29) is 6.04 Å². The second-order valence-electron chi connectivity index (χ2n) is 5.17. The summed E-state index contributed by atoms with van der Waals surface area (Å²) in [4.78, 5) is 1.94. The molecule has 22 heavy (non-hydrogen) atoms. The number of aryl methyl sites for hydroxylation is 1.